The minimum atomic E-state index is 0.746. The van der Waals surface area contributed by atoms with E-state index < -0.39 is 0 Å². The molecule has 17 heavy (non-hydrogen) atoms. The summed E-state index contributed by atoms with van der Waals surface area (Å²) in [5.41, 5.74) is 0.764. The first-order valence-electron chi connectivity index (χ1n) is 6.39. The molecule has 2 unspecified atom stereocenters. The van der Waals surface area contributed by atoms with Crippen LogP contribution in [0.4, 0.5) is 0 Å². The first kappa shape index (κ1) is 12.7. The van der Waals surface area contributed by atoms with Crippen molar-refractivity contribution in [2.75, 3.05) is 0 Å². The Balaban J connectivity index is 1.97. The van der Waals surface area contributed by atoms with Crippen LogP contribution in [0.2, 0.25) is 0 Å². The molecule has 1 saturated carbocycles. The van der Waals surface area contributed by atoms with Gasteiger partial charge in [0.15, 0.2) is 0 Å². The quantitative estimate of drug-likeness (QED) is 0.737. The number of carbonyl (C=O) groups excluding carboxylic acids is 1. The summed E-state index contributed by atoms with van der Waals surface area (Å²) in [6, 6.07) is 7.95. The topological polar surface area (TPSA) is 17.1 Å². The average molecular weight is 248 g/mol. The molecular formula is C15H20OS. The van der Waals surface area contributed by atoms with E-state index in [2.05, 4.69) is 26.0 Å². The van der Waals surface area contributed by atoms with Crippen LogP contribution >= 0.6 is 11.8 Å². The van der Waals surface area contributed by atoms with Gasteiger partial charge >= 0.3 is 0 Å². The fourth-order valence-corrected chi connectivity index (χ4v) is 4.31. The van der Waals surface area contributed by atoms with Crippen LogP contribution in [-0.2, 0) is 0 Å². The molecule has 0 aromatic heterocycles. The van der Waals surface area contributed by atoms with Crippen molar-refractivity contribution in [3.8, 4) is 0 Å². The Morgan fingerprint density at radius 3 is 2.18 bits per heavy atom. The van der Waals surface area contributed by atoms with E-state index in [-0.39, 0.29) is 0 Å². The Morgan fingerprint density at radius 1 is 1.06 bits per heavy atom. The summed E-state index contributed by atoms with van der Waals surface area (Å²) in [5.74, 6) is 1.70. The van der Waals surface area contributed by atoms with E-state index in [9.17, 15) is 4.79 Å². The zero-order chi connectivity index (χ0) is 12.3. The number of benzene rings is 1. The van der Waals surface area contributed by atoms with Gasteiger partial charge in [0.1, 0.15) is 6.29 Å². The monoisotopic (exact) mass is 248 g/mol. The third-order valence-electron chi connectivity index (χ3n) is 3.45. The van der Waals surface area contributed by atoms with Gasteiger partial charge in [0.2, 0.25) is 0 Å². The highest BCUT2D eigenvalue weighted by molar-refractivity contribution is 8.00. The molecule has 2 atom stereocenters. The molecule has 92 valence electrons. The molecular weight excluding hydrogens is 228 g/mol. The Bertz CT molecular complexity index is 361. The molecule has 0 N–H and O–H groups in total. The number of hydrogen-bond donors (Lipinski definition) is 0. The number of thioether (sulfide) groups is 1. The first-order valence-corrected chi connectivity index (χ1v) is 7.27. The fourth-order valence-electron chi connectivity index (χ4n) is 2.79. The van der Waals surface area contributed by atoms with Crippen molar-refractivity contribution in [2.24, 2.45) is 11.8 Å². The van der Waals surface area contributed by atoms with Gasteiger partial charge in [-0.05, 0) is 43.2 Å². The molecule has 0 heterocycles. The molecule has 0 radical (unpaired) electrons. The van der Waals surface area contributed by atoms with Crippen molar-refractivity contribution < 1.29 is 4.79 Å². The first-order chi connectivity index (χ1) is 8.17. The van der Waals surface area contributed by atoms with Gasteiger partial charge in [-0.3, -0.25) is 4.79 Å². The molecule has 0 spiro atoms. The predicted molar refractivity (Wildman–Crippen MR) is 73.7 cm³/mol. The highest BCUT2D eigenvalue weighted by Crippen LogP contribution is 2.38. The molecule has 1 nitrogen and oxygen atoms in total. The van der Waals surface area contributed by atoms with Crippen LogP contribution in [0.1, 0.15) is 43.5 Å². The Labute approximate surface area is 108 Å². The Hall–Kier alpha value is -0.760. The molecule has 1 aromatic rings. The van der Waals surface area contributed by atoms with Gasteiger partial charge in [0.25, 0.3) is 0 Å². The largest absolute Gasteiger partial charge is 0.298 e. The second kappa shape index (κ2) is 5.72. The average Bonchev–Trinajstić information content (AvgIpc) is 2.28. The molecule has 0 aliphatic heterocycles. The van der Waals surface area contributed by atoms with Crippen LogP contribution in [0.25, 0.3) is 0 Å². The smallest absolute Gasteiger partial charge is 0.150 e. The van der Waals surface area contributed by atoms with Crippen molar-refractivity contribution in [1.29, 1.82) is 0 Å². The molecule has 2 rings (SSSR count). The van der Waals surface area contributed by atoms with E-state index in [4.69, 9.17) is 0 Å². The SMILES string of the molecule is CC1CC(C)CC(Sc2ccc(C=O)cc2)C1. The zero-order valence-corrected chi connectivity index (χ0v) is 11.4. The van der Waals surface area contributed by atoms with E-state index in [1.54, 1.807) is 0 Å². The van der Waals surface area contributed by atoms with E-state index >= 15 is 0 Å². The van der Waals surface area contributed by atoms with Gasteiger partial charge in [-0.2, -0.15) is 0 Å². The van der Waals surface area contributed by atoms with E-state index in [0.717, 1.165) is 28.9 Å². The van der Waals surface area contributed by atoms with Crippen molar-refractivity contribution in [3.63, 3.8) is 0 Å². The molecule has 1 aromatic carbocycles. The fraction of sp³-hybridized carbons (Fsp3) is 0.533. The summed E-state index contributed by atoms with van der Waals surface area (Å²) in [7, 11) is 0. The normalized spacial score (nSPS) is 28.9. The summed E-state index contributed by atoms with van der Waals surface area (Å²) in [6.45, 7) is 4.72. The maximum absolute atomic E-state index is 10.6. The van der Waals surface area contributed by atoms with Crippen molar-refractivity contribution in [3.05, 3.63) is 29.8 Å². The Kier molecular flexibility index (Phi) is 4.27. The van der Waals surface area contributed by atoms with Gasteiger partial charge < -0.3 is 0 Å². The third-order valence-corrected chi connectivity index (χ3v) is 4.72. The van der Waals surface area contributed by atoms with Crippen LogP contribution in [0, 0.1) is 11.8 Å². The maximum Gasteiger partial charge on any atom is 0.150 e. The standard InChI is InChI=1S/C15H20OS/c1-11-7-12(2)9-15(8-11)17-14-5-3-13(10-16)4-6-14/h3-6,10-12,15H,7-9H2,1-2H3. The van der Waals surface area contributed by atoms with Gasteiger partial charge in [0.05, 0.1) is 0 Å². The lowest BCUT2D eigenvalue weighted by atomic mass is 9.83. The molecule has 1 aliphatic carbocycles. The molecule has 1 fully saturated rings. The molecule has 0 bridgehead atoms. The summed E-state index contributed by atoms with van der Waals surface area (Å²) < 4.78 is 0. The summed E-state index contributed by atoms with van der Waals surface area (Å²) in [5, 5.41) is 0.746. The van der Waals surface area contributed by atoms with Crippen LogP contribution < -0.4 is 0 Å². The van der Waals surface area contributed by atoms with E-state index in [0.29, 0.717) is 0 Å². The van der Waals surface area contributed by atoms with Gasteiger partial charge in [-0.1, -0.05) is 26.0 Å². The van der Waals surface area contributed by atoms with Crippen molar-refractivity contribution in [2.45, 2.75) is 43.3 Å². The lowest BCUT2D eigenvalue weighted by Crippen LogP contribution is -2.21. The third kappa shape index (κ3) is 3.60. The van der Waals surface area contributed by atoms with Gasteiger partial charge in [-0.25, -0.2) is 0 Å². The van der Waals surface area contributed by atoms with Crippen molar-refractivity contribution in [1.82, 2.24) is 0 Å². The zero-order valence-electron chi connectivity index (χ0n) is 10.6. The van der Waals surface area contributed by atoms with Crippen LogP contribution in [0.15, 0.2) is 29.2 Å². The summed E-state index contributed by atoms with van der Waals surface area (Å²) in [4.78, 5) is 11.9. The van der Waals surface area contributed by atoms with E-state index in [1.807, 2.05) is 23.9 Å². The second-order valence-electron chi connectivity index (χ2n) is 5.34. The summed E-state index contributed by atoms with van der Waals surface area (Å²) in [6.07, 6.45) is 4.93. The van der Waals surface area contributed by atoms with Crippen LogP contribution in [0.5, 0.6) is 0 Å². The lowest BCUT2D eigenvalue weighted by molar-refractivity contribution is 0.112. The number of aldehydes is 1. The minimum absolute atomic E-state index is 0.746. The minimum Gasteiger partial charge on any atom is -0.298 e. The second-order valence-corrected chi connectivity index (χ2v) is 6.72. The number of hydrogen-bond acceptors (Lipinski definition) is 2. The van der Waals surface area contributed by atoms with Crippen LogP contribution in [-0.4, -0.2) is 11.5 Å². The number of carbonyl (C=O) groups is 1. The van der Waals surface area contributed by atoms with Gasteiger partial charge in [0, 0.05) is 15.7 Å². The Morgan fingerprint density at radius 2 is 1.65 bits per heavy atom. The number of rotatable bonds is 3. The van der Waals surface area contributed by atoms with Gasteiger partial charge in [-0.15, -0.1) is 11.8 Å². The molecule has 2 heteroatoms. The molecule has 0 amide bonds. The van der Waals surface area contributed by atoms with Crippen LogP contribution in [0.3, 0.4) is 0 Å². The molecule has 1 aliphatic rings. The highest BCUT2D eigenvalue weighted by atomic mass is 32.2. The maximum atomic E-state index is 10.6. The van der Waals surface area contributed by atoms with Crippen molar-refractivity contribution >= 4 is 18.0 Å². The molecule has 0 saturated heterocycles. The highest BCUT2D eigenvalue weighted by Gasteiger charge is 2.24. The lowest BCUT2D eigenvalue weighted by Gasteiger charge is -2.31. The van der Waals surface area contributed by atoms with E-state index in [1.165, 1.54) is 24.2 Å². The predicted octanol–water partition coefficient (Wildman–Crippen LogP) is 4.42. The summed E-state index contributed by atoms with van der Waals surface area (Å²) >= 11 is 1.98.